The van der Waals surface area contributed by atoms with Crippen molar-refractivity contribution in [1.82, 2.24) is 4.98 Å². The normalized spacial score (nSPS) is 13.2. The zero-order valence-corrected chi connectivity index (χ0v) is 14.9. The van der Waals surface area contributed by atoms with Crippen LogP contribution in [0.15, 0.2) is 41.2 Å². The topological polar surface area (TPSA) is 60.6 Å². The van der Waals surface area contributed by atoms with Gasteiger partial charge in [0.05, 0.1) is 17.7 Å². The molecule has 3 aromatic rings. The number of nitrogens with one attached hydrogen (secondary N) is 1. The molecule has 1 aliphatic heterocycles. The van der Waals surface area contributed by atoms with Gasteiger partial charge in [0.15, 0.2) is 11.5 Å². The fourth-order valence-electron chi connectivity index (χ4n) is 3.26. The predicted octanol–water partition coefficient (Wildman–Crippen LogP) is 3.81. The molecule has 1 N–H and O–H groups in total. The largest absolute Gasteiger partial charge is 0.486 e. The highest BCUT2D eigenvalue weighted by Gasteiger charge is 2.19. The van der Waals surface area contributed by atoms with Crippen LogP contribution in [0.5, 0.6) is 11.5 Å². The molecule has 0 fully saturated rings. The van der Waals surface area contributed by atoms with Crippen molar-refractivity contribution in [3.63, 3.8) is 0 Å². The van der Waals surface area contributed by atoms with Gasteiger partial charge < -0.3 is 19.2 Å². The van der Waals surface area contributed by atoms with Crippen LogP contribution < -0.4 is 15.0 Å². The van der Waals surface area contributed by atoms with Crippen LogP contribution in [0.1, 0.15) is 18.1 Å². The Bertz CT molecular complexity index is 1010. The van der Waals surface area contributed by atoms with E-state index in [2.05, 4.69) is 4.98 Å². The zero-order chi connectivity index (χ0) is 18.1. The van der Waals surface area contributed by atoms with E-state index >= 15 is 0 Å². The van der Waals surface area contributed by atoms with E-state index in [1.165, 1.54) is 5.56 Å². The third kappa shape index (κ3) is 2.95. The highest BCUT2D eigenvalue weighted by Crippen LogP contribution is 2.38. The number of aromatic amines is 1. The lowest BCUT2D eigenvalue weighted by Crippen LogP contribution is -2.18. The maximum atomic E-state index is 12.8. The molecule has 5 nitrogen and oxygen atoms in total. The minimum Gasteiger partial charge on any atom is -0.486 e. The molecule has 134 valence electrons. The number of hydrogen-bond donors (Lipinski definition) is 1. The number of aryl methyl sites for hydroxylation is 1. The van der Waals surface area contributed by atoms with Gasteiger partial charge in [-0.3, -0.25) is 4.79 Å². The molecular formula is C21H21NO4. The first-order chi connectivity index (χ1) is 12.7. The van der Waals surface area contributed by atoms with Crippen molar-refractivity contribution in [2.24, 2.45) is 0 Å². The molecule has 5 heteroatoms. The highest BCUT2D eigenvalue weighted by atomic mass is 16.6. The van der Waals surface area contributed by atoms with Gasteiger partial charge in [-0.1, -0.05) is 29.8 Å². The number of pyridine rings is 1. The summed E-state index contributed by atoms with van der Waals surface area (Å²) in [6.07, 6.45) is 0. The van der Waals surface area contributed by atoms with E-state index in [0.717, 1.165) is 22.0 Å². The predicted molar refractivity (Wildman–Crippen MR) is 101 cm³/mol. The second kappa shape index (κ2) is 6.84. The summed E-state index contributed by atoms with van der Waals surface area (Å²) in [6.45, 7) is 5.81. The van der Waals surface area contributed by atoms with Gasteiger partial charge in [-0.2, -0.15) is 0 Å². The Morgan fingerprint density at radius 2 is 1.77 bits per heavy atom. The fourth-order valence-corrected chi connectivity index (χ4v) is 3.26. The molecule has 1 aromatic heterocycles. The summed E-state index contributed by atoms with van der Waals surface area (Å²) in [4.78, 5) is 15.7. The van der Waals surface area contributed by atoms with Gasteiger partial charge >= 0.3 is 0 Å². The SMILES string of the molecule is CCOCc1c(-c2ccc(C)cc2)c2cc3c(cc2[nH]c1=O)OCCO3. The van der Waals surface area contributed by atoms with Crippen LogP contribution in [0.4, 0.5) is 0 Å². The first-order valence-electron chi connectivity index (χ1n) is 8.80. The first-order valence-corrected chi connectivity index (χ1v) is 8.80. The molecule has 0 aliphatic carbocycles. The molecule has 0 atom stereocenters. The van der Waals surface area contributed by atoms with Crippen molar-refractivity contribution in [1.29, 1.82) is 0 Å². The maximum absolute atomic E-state index is 12.8. The molecular weight excluding hydrogens is 330 g/mol. The minimum absolute atomic E-state index is 0.141. The van der Waals surface area contributed by atoms with E-state index in [1.54, 1.807) is 0 Å². The molecule has 26 heavy (non-hydrogen) atoms. The van der Waals surface area contributed by atoms with Crippen molar-refractivity contribution in [2.45, 2.75) is 20.5 Å². The van der Waals surface area contributed by atoms with Crippen LogP contribution in [-0.2, 0) is 11.3 Å². The Morgan fingerprint density at radius 3 is 2.46 bits per heavy atom. The summed E-state index contributed by atoms with van der Waals surface area (Å²) in [7, 11) is 0. The molecule has 1 aliphatic rings. The molecule has 0 saturated heterocycles. The Hall–Kier alpha value is -2.79. The van der Waals surface area contributed by atoms with Crippen LogP contribution in [0.3, 0.4) is 0 Å². The average Bonchev–Trinajstić information content (AvgIpc) is 2.65. The summed E-state index contributed by atoms with van der Waals surface area (Å²) in [5.41, 5.74) is 4.25. The standard InChI is InChI=1S/C21H21NO4/c1-3-24-12-16-20(14-6-4-13(2)5-7-14)15-10-18-19(26-9-8-25-18)11-17(15)22-21(16)23/h4-7,10-11H,3,8-9,12H2,1-2H3,(H,22,23). The van der Waals surface area contributed by atoms with Crippen molar-refractivity contribution in [2.75, 3.05) is 19.8 Å². The van der Waals surface area contributed by atoms with Gasteiger partial charge in [0.1, 0.15) is 13.2 Å². The maximum Gasteiger partial charge on any atom is 0.254 e. The molecule has 0 amide bonds. The van der Waals surface area contributed by atoms with Crippen molar-refractivity contribution >= 4 is 10.9 Å². The van der Waals surface area contributed by atoms with Crippen molar-refractivity contribution in [3.05, 3.63) is 57.9 Å². The van der Waals surface area contributed by atoms with Crippen LogP contribution >= 0.6 is 0 Å². The molecule has 4 rings (SSSR count). The zero-order valence-electron chi connectivity index (χ0n) is 14.9. The molecule has 0 radical (unpaired) electrons. The van der Waals surface area contributed by atoms with E-state index in [9.17, 15) is 4.79 Å². The fraction of sp³-hybridized carbons (Fsp3) is 0.286. The van der Waals surface area contributed by atoms with Crippen LogP contribution in [0.25, 0.3) is 22.0 Å². The van der Waals surface area contributed by atoms with Crippen molar-refractivity contribution < 1.29 is 14.2 Å². The number of ether oxygens (including phenoxy) is 3. The smallest absolute Gasteiger partial charge is 0.254 e. The van der Waals surface area contributed by atoms with E-state index in [1.807, 2.05) is 50.2 Å². The van der Waals surface area contributed by atoms with E-state index < -0.39 is 0 Å². The summed E-state index contributed by atoms with van der Waals surface area (Å²) in [5.74, 6) is 1.36. The average molecular weight is 351 g/mol. The minimum atomic E-state index is -0.141. The van der Waals surface area contributed by atoms with Gasteiger partial charge in [-0.05, 0) is 25.5 Å². The van der Waals surface area contributed by atoms with Gasteiger partial charge in [0.25, 0.3) is 5.56 Å². The van der Waals surface area contributed by atoms with Gasteiger partial charge in [-0.15, -0.1) is 0 Å². The number of rotatable bonds is 4. The van der Waals surface area contributed by atoms with Gasteiger partial charge in [0.2, 0.25) is 0 Å². The molecule has 0 saturated carbocycles. The monoisotopic (exact) mass is 351 g/mol. The molecule has 0 bridgehead atoms. The third-order valence-corrected chi connectivity index (χ3v) is 4.57. The second-order valence-electron chi connectivity index (χ2n) is 6.35. The first kappa shape index (κ1) is 16.7. The number of hydrogen-bond acceptors (Lipinski definition) is 4. The Labute approximate surface area is 151 Å². The van der Waals surface area contributed by atoms with E-state index in [-0.39, 0.29) is 12.2 Å². The number of fused-ring (bicyclic) bond motifs is 2. The summed E-state index contributed by atoms with van der Waals surface area (Å²) in [5, 5.41) is 0.924. The molecule has 0 spiro atoms. The quantitative estimate of drug-likeness (QED) is 0.776. The number of aromatic nitrogens is 1. The second-order valence-corrected chi connectivity index (χ2v) is 6.35. The van der Waals surface area contributed by atoms with E-state index in [4.69, 9.17) is 14.2 Å². The molecule has 2 aromatic carbocycles. The highest BCUT2D eigenvalue weighted by molar-refractivity contribution is 5.97. The van der Waals surface area contributed by atoms with Crippen LogP contribution in [0, 0.1) is 6.92 Å². The van der Waals surface area contributed by atoms with Crippen molar-refractivity contribution in [3.8, 4) is 22.6 Å². The summed E-state index contributed by atoms with van der Waals surface area (Å²) >= 11 is 0. The summed E-state index contributed by atoms with van der Waals surface area (Å²) in [6, 6.07) is 12.0. The lowest BCUT2D eigenvalue weighted by atomic mass is 9.95. The van der Waals surface area contributed by atoms with Crippen LogP contribution in [0.2, 0.25) is 0 Å². The number of H-pyrrole nitrogens is 1. The van der Waals surface area contributed by atoms with Crippen LogP contribution in [-0.4, -0.2) is 24.8 Å². The molecule has 0 unspecified atom stereocenters. The summed E-state index contributed by atoms with van der Waals surface area (Å²) < 4.78 is 17.0. The molecule has 2 heterocycles. The lowest BCUT2D eigenvalue weighted by molar-refractivity contribution is 0.133. The Balaban J connectivity index is 2.02. The van der Waals surface area contributed by atoms with Gasteiger partial charge in [0, 0.05) is 23.6 Å². The number of benzene rings is 2. The van der Waals surface area contributed by atoms with E-state index in [0.29, 0.717) is 36.9 Å². The lowest BCUT2D eigenvalue weighted by Gasteiger charge is -2.20. The Morgan fingerprint density at radius 1 is 1.08 bits per heavy atom. The third-order valence-electron chi connectivity index (χ3n) is 4.57. The Kier molecular flexibility index (Phi) is 4.39. The van der Waals surface area contributed by atoms with Gasteiger partial charge in [-0.25, -0.2) is 0 Å².